The predicted molar refractivity (Wildman–Crippen MR) is 140 cm³/mol. The Morgan fingerprint density at radius 2 is 1.83 bits per heavy atom. The van der Waals surface area contributed by atoms with E-state index in [1.54, 1.807) is 0 Å². The number of benzene rings is 2. The molecule has 2 amide bonds. The van der Waals surface area contributed by atoms with Crippen molar-refractivity contribution in [2.75, 3.05) is 17.6 Å². The zero-order valence-electron chi connectivity index (χ0n) is 20.9. The average molecular weight is 492 g/mol. The molecule has 0 saturated carbocycles. The number of amides is 2. The van der Waals surface area contributed by atoms with Gasteiger partial charge >= 0.3 is 0 Å². The second-order valence-corrected chi connectivity index (χ2v) is 9.80. The van der Waals surface area contributed by atoms with Crippen molar-refractivity contribution >= 4 is 29.3 Å². The van der Waals surface area contributed by atoms with E-state index in [2.05, 4.69) is 22.4 Å². The van der Waals surface area contributed by atoms with Crippen LogP contribution < -0.4 is 5.32 Å². The Morgan fingerprint density at radius 3 is 2.57 bits per heavy atom. The molecule has 0 aliphatic carbocycles. The Labute approximate surface area is 211 Å². The minimum atomic E-state index is -0.114. The zero-order valence-corrected chi connectivity index (χ0v) is 21.7. The molecular formula is C27H33N5O2S. The van der Waals surface area contributed by atoms with Crippen molar-refractivity contribution in [1.82, 2.24) is 19.7 Å². The van der Waals surface area contributed by atoms with Crippen molar-refractivity contribution in [2.24, 2.45) is 0 Å². The first-order chi connectivity index (χ1) is 16.9. The maximum Gasteiger partial charge on any atom is 0.254 e. The summed E-state index contributed by atoms with van der Waals surface area (Å²) in [6, 6.07) is 13.7. The van der Waals surface area contributed by atoms with Gasteiger partial charge in [0.2, 0.25) is 5.91 Å². The van der Waals surface area contributed by atoms with Crippen LogP contribution >= 0.6 is 11.8 Å². The second kappa shape index (κ2) is 11.1. The molecule has 1 atom stereocenters. The van der Waals surface area contributed by atoms with E-state index in [1.807, 2.05) is 72.7 Å². The van der Waals surface area contributed by atoms with Crippen LogP contribution in [0.15, 0.2) is 47.6 Å². The van der Waals surface area contributed by atoms with Gasteiger partial charge in [-0.05, 0) is 62.8 Å². The fourth-order valence-corrected chi connectivity index (χ4v) is 5.51. The van der Waals surface area contributed by atoms with Gasteiger partial charge in [0.05, 0.1) is 11.8 Å². The molecule has 1 aromatic heterocycles. The van der Waals surface area contributed by atoms with Crippen LogP contribution in [-0.4, -0.2) is 43.8 Å². The molecule has 1 aliphatic heterocycles. The lowest BCUT2D eigenvalue weighted by Gasteiger charge is -2.25. The normalized spacial score (nSPS) is 15.4. The summed E-state index contributed by atoms with van der Waals surface area (Å²) in [7, 11) is 0. The number of anilines is 1. The smallest absolute Gasteiger partial charge is 0.254 e. The highest BCUT2D eigenvalue weighted by atomic mass is 32.2. The summed E-state index contributed by atoms with van der Waals surface area (Å²) in [4.78, 5) is 28.0. The minimum absolute atomic E-state index is 0.0368. The van der Waals surface area contributed by atoms with Gasteiger partial charge in [0.1, 0.15) is 0 Å². The van der Waals surface area contributed by atoms with Crippen molar-refractivity contribution in [2.45, 2.75) is 64.7 Å². The van der Waals surface area contributed by atoms with E-state index in [4.69, 9.17) is 0 Å². The SMILES string of the molecule is CCc1cccc(C)c1NC(=O)CSc1nnc(C2CCCN2C(=O)c2ccccc2C)n1CC. The largest absolute Gasteiger partial charge is 0.328 e. The highest BCUT2D eigenvalue weighted by Gasteiger charge is 2.35. The van der Waals surface area contributed by atoms with Gasteiger partial charge in [-0.2, -0.15) is 0 Å². The first-order valence-corrected chi connectivity index (χ1v) is 13.2. The van der Waals surface area contributed by atoms with Crippen molar-refractivity contribution < 1.29 is 9.59 Å². The molecule has 2 aromatic carbocycles. The molecule has 8 heteroatoms. The first-order valence-electron chi connectivity index (χ1n) is 12.2. The summed E-state index contributed by atoms with van der Waals surface area (Å²) in [6.45, 7) is 9.48. The van der Waals surface area contributed by atoms with Crippen molar-refractivity contribution in [1.29, 1.82) is 0 Å². The van der Waals surface area contributed by atoms with Crippen LogP contribution in [0.5, 0.6) is 0 Å². The molecule has 0 spiro atoms. The molecule has 1 N–H and O–H groups in total. The fourth-order valence-electron chi connectivity index (χ4n) is 4.70. The zero-order chi connectivity index (χ0) is 24.9. The molecule has 184 valence electrons. The number of hydrogen-bond donors (Lipinski definition) is 1. The van der Waals surface area contributed by atoms with E-state index >= 15 is 0 Å². The minimum Gasteiger partial charge on any atom is -0.328 e. The third kappa shape index (κ3) is 5.27. The summed E-state index contributed by atoms with van der Waals surface area (Å²) in [5, 5.41) is 12.7. The van der Waals surface area contributed by atoms with E-state index < -0.39 is 0 Å². The van der Waals surface area contributed by atoms with Gasteiger partial charge in [-0.3, -0.25) is 9.59 Å². The molecule has 4 rings (SSSR count). The number of rotatable bonds is 8. The maximum atomic E-state index is 13.3. The van der Waals surface area contributed by atoms with Crippen LogP contribution in [0.25, 0.3) is 0 Å². The molecule has 0 bridgehead atoms. The Bertz CT molecular complexity index is 1220. The molecule has 0 radical (unpaired) electrons. The van der Waals surface area contributed by atoms with E-state index in [0.29, 0.717) is 18.2 Å². The van der Waals surface area contributed by atoms with E-state index in [9.17, 15) is 9.59 Å². The number of aryl methyl sites for hydroxylation is 3. The quantitative estimate of drug-likeness (QED) is 0.439. The van der Waals surface area contributed by atoms with Gasteiger partial charge < -0.3 is 14.8 Å². The van der Waals surface area contributed by atoms with Gasteiger partial charge in [-0.15, -0.1) is 10.2 Å². The Balaban J connectivity index is 1.48. The molecule has 1 fully saturated rings. The van der Waals surface area contributed by atoms with Crippen LogP contribution in [0, 0.1) is 13.8 Å². The van der Waals surface area contributed by atoms with Crippen LogP contribution in [0.1, 0.15) is 65.6 Å². The Kier molecular flexibility index (Phi) is 7.90. The van der Waals surface area contributed by atoms with Gasteiger partial charge in [0, 0.05) is 24.3 Å². The van der Waals surface area contributed by atoms with Crippen molar-refractivity contribution in [3.63, 3.8) is 0 Å². The summed E-state index contributed by atoms with van der Waals surface area (Å²) >= 11 is 1.38. The third-order valence-corrected chi connectivity index (χ3v) is 7.55. The highest BCUT2D eigenvalue weighted by Crippen LogP contribution is 2.34. The molecule has 2 heterocycles. The average Bonchev–Trinajstić information content (AvgIpc) is 3.50. The topological polar surface area (TPSA) is 80.1 Å². The lowest BCUT2D eigenvalue weighted by Crippen LogP contribution is -2.32. The summed E-state index contributed by atoms with van der Waals surface area (Å²) in [5.41, 5.74) is 4.79. The standard InChI is InChI=1S/C27H33N5O2S/c1-5-20-13-9-12-19(4)24(20)28-23(33)17-35-27-30-29-25(31(27)6-2)22-15-10-16-32(22)26(34)21-14-8-7-11-18(21)3/h7-9,11-14,22H,5-6,10,15-17H2,1-4H3,(H,28,33). The van der Waals surface area contributed by atoms with E-state index in [1.165, 1.54) is 11.8 Å². The lowest BCUT2D eigenvalue weighted by atomic mass is 10.1. The Morgan fingerprint density at radius 1 is 1.06 bits per heavy atom. The highest BCUT2D eigenvalue weighted by molar-refractivity contribution is 7.99. The molecule has 1 saturated heterocycles. The summed E-state index contributed by atoms with van der Waals surface area (Å²) in [6.07, 6.45) is 2.64. The number of likely N-dealkylation sites (tertiary alicyclic amines) is 1. The van der Waals surface area contributed by atoms with Crippen molar-refractivity contribution in [3.05, 3.63) is 70.5 Å². The van der Waals surface area contributed by atoms with Gasteiger partial charge in [-0.25, -0.2) is 0 Å². The molecule has 3 aromatic rings. The van der Waals surface area contributed by atoms with Crippen molar-refractivity contribution in [3.8, 4) is 0 Å². The number of hydrogen-bond acceptors (Lipinski definition) is 5. The second-order valence-electron chi connectivity index (χ2n) is 8.86. The number of aromatic nitrogens is 3. The monoisotopic (exact) mass is 491 g/mol. The number of carbonyl (C=O) groups is 2. The van der Waals surface area contributed by atoms with Gasteiger partial charge in [0.15, 0.2) is 11.0 Å². The van der Waals surface area contributed by atoms with Crippen LogP contribution in [0.4, 0.5) is 5.69 Å². The molecule has 35 heavy (non-hydrogen) atoms. The van der Waals surface area contributed by atoms with Gasteiger partial charge in [0.25, 0.3) is 5.91 Å². The maximum absolute atomic E-state index is 13.3. The number of nitrogens with zero attached hydrogens (tertiary/aromatic N) is 4. The Hall–Kier alpha value is -3.13. The fraction of sp³-hybridized carbons (Fsp3) is 0.407. The molecule has 1 unspecified atom stereocenters. The number of carbonyl (C=O) groups excluding carboxylic acids is 2. The van der Waals surface area contributed by atoms with E-state index in [0.717, 1.165) is 53.0 Å². The van der Waals surface area contributed by atoms with Crippen LogP contribution in [0.3, 0.4) is 0 Å². The van der Waals surface area contributed by atoms with Gasteiger partial charge in [-0.1, -0.05) is 55.1 Å². The molecule has 1 aliphatic rings. The number of nitrogens with one attached hydrogen (secondary N) is 1. The summed E-state index contributed by atoms with van der Waals surface area (Å²) in [5.74, 6) is 1.01. The molecular weight excluding hydrogens is 458 g/mol. The van der Waals surface area contributed by atoms with Crippen LogP contribution in [0.2, 0.25) is 0 Å². The summed E-state index contributed by atoms with van der Waals surface area (Å²) < 4.78 is 2.04. The molecule has 7 nitrogen and oxygen atoms in total. The van der Waals surface area contributed by atoms with E-state index in [-0.39, 0.29) is 23.6 Å². The number of thioether (sulfide) groups is 1. The number of para-hydroxylation sites is 1. The third-order valence-electron chi connectivity index (χ3n) is 6.59. The predicted octanol–water partition coefficient (Wildman–Crippen LogP) is 5.19. The lowest BCUT2D eigenvalue weighted by molar-refractivity contribution is -0.113. The first kappa shape index (κ1) is 25.0. The van der Waals surface area contributed by atoms with Crippen LogP contribution in [-0.2, 0) is 17.8 Å².